The van der Waals surface area contributed by atoms with Crippen LogP contribution >= 0.6 is 0 Å². The minimum atomic E-state index is -4.42. The van der Waals surface area contributed by atoms with Crippen LogP contribution in [0.3, 0.4) is 0 Å². The van der Waals surface area contributed by atoms with Gasteiger partial charge in [0.2, 0.25) is 0 Å². The van der Waals surface area contributed by atoms with Crippen molar-refractivity contribution in [3.63, 3.8) is 0 Å². The van der Waals surface area contributed by atoms with E-state index in [0.29, 0.717) is 6.42 Å². The molecule has 5 nitrogen and oxygen atoms in total. The third-order valence-corrected chi connectivity index (χ3v) is 2.71. The highest BCUT2D eigenvalue weighted by atomic mass is 19.4. The molecular formula is C13H17F3N2O3. The van der Waals surface area contributed by atoms with Crippen LogP contribution < -0.4 is 5.32 Å². The Bertz CT molecular complexity index is 449. The van der Waals surface area contributed by atoms with E-state index in [0.717, 1.165) is 24.3 Å². The molecule has 3 N–H and O–H groups in total. The van der Waals surface area contributed by atoms with Crippen LogP contribution in [0, 0.1) is 0 Å². The number of hydrogen-bond donors (Lipinski definition) is 3. The summed E-state index contributed by atoms with van der Waals surface area (Å²) in [6.07, 6.45) is -4.08. The Kier molecular flexibility index (Phi) is 6.44. The average Bonchev–Trinajstić information content (AvgIpc) is 2.43. The monoisotopic (exact) mass is 306 g/mol. The molecule has 0 spiro atoms. The van der Waals surface area contributed by atoms with E-state index in [1.807, 2.05) is 0 Å². The summed E-state index contributed by atoms with van der Waals surface area (Å²) >= 11 is 0. The molecule has 0 aliphatic carbocycles. The molecule has 0 fully saturated rings. The quantitative estimate of drug-likeness (QED) is 0.752. The third-order valence-electron chi connectivity index (χ3n) is 2.71. The van der Waals surface area contributed by atoms with Gasteiger partial charge in [-0.05, 0) is 30.7 Å². The van der Waals surface area contributed by atoms with Crippen LogP contribution in [0.2, 0.25) is 0 Å². The van der Waals surface area contributed by atoms with Gasteiger partial charge in [0.25, 0.3) is 0 Å². The van der Waals surface area contributed by atoms with Gasteiger partial charge < -0.3 is 20.4 Å². The van der Waals surface area contributed by atoms with Crippen molar-refractivity contribution in [3.8, 4) is 0 Å². The van der Waals surface area contributed by atoms with Gasteiger partial charge >= 0.3 is 12.2 Å². The SMILES string of the molecule is O=C(Nc1ccc(C(F)(F)F)cc1)N(CCO)CCCO. The molecule has 1 aromatic carbocycles. The van der Waals surface area contributed by atoms with Crippen molar-refractivity contribution in [1.82, 2.24) is 4.90 Å². The highest BCUT2D eigenvalue weighted by Gasteiger charge is 2.30. The minimum absolute atomic E-state index is 0.0759. The zero-order valence-corrected chi connectivity index (χ0v) is 11.2. The van der Waals surface area contributed by atoms with Crippen molar-refractivity contribution in [2.24, 2.45) is 0 Å². The molecule has 0 radical (unpaired) electrons. The van der Waals surface area contributed by atoms with E-state index in [-0.39, 0.29) is 32.0 Å². The summed E-state index contributed by atoms with van der Waals surface area (Å²) in [5.74, 6) is 0. The van der Waals surface area contributed by atoms with Crippen LogP contribution in [0.5, 0.6) is 0 Å². The molecule has 1 aromatic rings. The predicted molar refractivity (Wildman–Crippen MR) is 70.8 cm³/mol. The van der Waals surface area contributed by atoms with Gasteiger partial charge in [0.05, 0.1) is 12.2 Å². The van der Waals surface area contributed by atoms with E-state index < -0.39 is 17.8 Å². The molecule has 0 atom stereocenters. The van der Waals surface area contributed by atoms with E-state index in [1.165, 1.54) is 4.90 Å². The fourth-order valence-electron chi connectivity index (χ4n) is 1.64. The molecule has 1 rings (SSSR count). The summed E-state index contributed by atoms with van der Waals surface area (Å²) < 4.78 is 37.2. The van der Waals surface area contributed by atoms with Crippen LogP contribution in [-0.2, 0) is 6.18 Å². The Morgan fingerprint density at radius 2 is 1.71 bits per heavy atom. The van der Waals surface area contributed by atoms with E-state index in [2.05, 4.69) is 5.32 Å². The molecule has 118 valence electrons. The number of aliphatic hydroxyl groups is 2. The molecule has 0 saturated heterocycles. The molecule has 8 heteroatoms. The summed E-state index contributed by atoms with van der Waals surface area (Å²) in [5.41, 5.74) is -0.576. The topological polar surface area (TPSA) is 72.8 Å². The molecule has 21 heavy (non-hydrogen) atoms. The minimum Gasteiger partial charge on any atom is -0.396 e. The molecule has 0 unspecified atom stereocenters. The summed E-state index contributed by atoms with van der Waals surface area (Å²) in [7, 11) is 0. The normalized spacial score (nSPS) is 11.3. The number of carbonyl (C=O) groups is 1. The van der Waals surface area contributed by atoms with Crippen LogP contribution in [0.15, 0.2) is 24.3 Å². The van der Waals surface area contributed by atoms with Crippen molar-refractivity contribution in [3.05, 3.63) is 29.8 Å². The standard InChI is InChI=1S/C13H17F3N2O3/c14-13(15,16)10-2-4-11(5-3-10)17-12(21)18(7-9-20)6-1-8-19/h2-5,19-20H,1,6-9H2,(H,17,21). The van der Waals surface area contributed by atoms with E-state index >= 15 is 0 Å². The lowest BCUT2D eigenvalue weighted by Crippen LogP contribution is -2.38. The van der Waals surface area contributed by atoms with Crippen molar-refractivity contribution in [2.75, 3.05) is 31.6 Å². The zero-order chi connectivity index (χ0) is 15.9. The van der Waals surface area contributed by atoms with Crippen molar-refractivity contribution < 1.29 is 28.2 Å². The zero-order valence-electron chi connectivity index (χ0n) is 11.2. The predicted octanol–water partition coefficient (Wildman–Crippen LogP) is 1.91. The number of halogens is 3. The first kappa shape index (κ1) is 17.3. The number of carbonyl (C=O) groups excluding carboxylic acids is 1. The van der Waals surface area contributed by atoms with Gasteiger partial charge in [-0.3, -0.25) is 0 Å². The first-order valence-corrected chi connectivity index (χ1v) is 6.33. The van der Waals surface area contributed by atoms with Crippen molar-refractivity contribution in [1.29, 1.82) is 0 Å². The van der Waals surface area contributed by atoms with Crippen LogP contribution in [-0.4, -0.2) is 47.4 Å². The number of urea groups is 1. The Hall–Kier alpha value is -1.80. The Morgan fingerprint density at radius 3 is 2.19 bits per heavy atom. The van der Waals surface area contributed by atoms with Gasteiger partial charge in [-0.2, -0.15) is 13.2 Å². The summed E-state index contributed by atoms with van der Waals surface area (Å²) in [5, 5.41) is 20.0. The Labute approximate surface area is 120 Å². The summed E-state index contributed by atoms with van der Waals surface area (Å²) in [6.45, 7) is -0.0304. The summed E-state index contributed by atoms with van der Waals surface area (Å²) in [6, 6.07) is 3.52. The number of benzene rings is 1. The smallest absolute Gasteiger partial charge is 0.396 e. The van der Waals surface area contributed by atoms with Crippen molar-refractivity contribution in [2.45, 2.75) is 12.6 Å². The fourth-order valence-corrected chi connectivity index (χ4v) is 1.64. The molecule has 0 bridgehead atoms. The number of alkyl halides is 3. The van der Waals surface area contributed by atoms with E-state index in [9.17, 15) is 18.0 Å². The molecular weight excluding hydrogens is 289 g/mol. The van der Waals surface area contributed by atoms with Gasteiger partial charge in [-0.1, -0.05) is 0 Å². The number of hydrogen-bond acceptors (Lipinski definition) is 3. The molecule has 0 aliphatic heterocycles. The average molecular weight is 306 g/mol. The number of nitrogens with one attached hydrogen (secondary N) is 1. The van der Waals surface area contributed by atoms with Crippen molar-refractivity contribution >= 4 is 11.7 Å². The lowest BCUT2D eigenvalue weighted by molar-refractivity contribution is -0.137. The second-order valence-corrected chi connectivity index (χ2v) is 4.29. The number of aliphatic hydroxyl groups excluding tert-OH is 2. The maximum Gasteiger partial charge on any atom is 0.416 e. The highest BCUT2D eigenvalue weighted by Crippen LogP contribution is 2.29. The number of nitrogens with zero attached hydrogens (tertiary/aromatic N) is 1. The third kappa shape index (κ3) is 5.60. The van der Waals surface area contributed by atoms with Gasteiger partial charge in [0.1, 0.15) is 0 Å². The van der Waals surface area contributed by atoms with Gasteiger partial charge in [0.15, 0.2) is 0 Å². The second kappa shape index (κ2) is 7.84. The summed E-state index contributed by atoms with van der Waals surface area (Å²) in [4.78, 5) is 13.2. The van der Waals surface area contributed by atoms with Gasteiger partial charge in [0, 0.05) is 25.4 Å². The largest absolute Gasteiger partial charge is 0.416 e. The molecule has 0 saturated carbocycles. The van der Waals surface area contributed by atoms with Crippen LogP contribution in [0.1, 0.15) is 12.0 Å². The maximum absolute atomic E-state index is 12.4. The lowest BCUT2D eigenvalue weighted by Gasteiger charge is -2.22. The second-order valence-electron chi connectivity index (χ2n) is 4.29. The van der Waals surface area contributed by atoms with Crippen LogP contribution in [0.4, 0.5) is 23.7 Å². The van der Waals surface area contributed by atoms with E-state index in [1.54, 1.807) is 0 Å². The van der Waals surface area contributed by atoms with Gasteiger partial charge in [-0.15, -0.1) is 0 Å². The molecule has 0 heterocycles. The fraction of sp³-hybridized carbons (Fsp3) is 0.462. The highest BCUT2D eigenvalue weighted by molar-refractivity contribution is 5.89. The first-order valence-electron chi connectivity index (χ1n) is 6.33. The number of amides is 2. The van der Waals surface area contributed by atoms with Gasteiger partial charge in [-0.25, -0.2) is 4.79 Å². The Balaban J connectivity index is 2.67. The first-order chi connectivity index (χ1) is 9.88. The van der Waals surface area contributed by atoms with E-state index in [4.69, 9.17) is 10.2 Å². The van der Waals surface area contributed by atoms with Crippen LogP contribution in [0.25, 0.3) is 0 Å². The maximum atomic E-state index is 12.4. The number of anilines is 1. The molecule has 0 aromatic heterocycles. The molecule has 0 aliphatic rings. The Morgan fingerprint density at radius 1 is 1.10 bits per heavy atom. The number of rotatable bonds is 6. The lowest BCUT2D eigenvalue weighted by atomic mass is 10.2. The molecule has 2 amide bonds.